The summed E-state index contributed by atoms with van der Waals surface area (Å²) in [6, 6.07) is 17.9. The van der Waals surface area contributed by atoms with Crippen LogP contribution in [-0.2, 0) is 9.59 Å². The smallest absolute Gasteiger partial charge is 0.313 e. The molecule has 160 valence electrons. The molecule has 8 heteroatoms. The Morgan fingerprint density at radius 1 is 1.03 bits per heavy atom. The molecule has 0 saturated heterocycles. The molecule has 0 fully saturated rings. The fourth-order valence-electron chi connectivity index (χ4n) is 3.42. The van der Waals surface area contributed by atoms with Crippen molar-refractivity contribution in [1.82, 2.24) is 10.2 Å². The van der Waals surface area contributed by atoms with Gasteiger partial charge < -0.3 is 15.5 Å². The van der Waals surface area contributed by atoms with Gasteiger partial charge in [-0.05, 0) is 42.9 Å². The van der Waals surface area contributed by atoms with Crippen LogP contribution in [0, 0.1) is 17.0 Å². The molecule has 3 aromatic carbocycles. The van der Waals surface area contributed by atoms with E-state index in [1.165, 1.54) is 18.2 Å². The fourth-order valence-corrected chi connectivity index (χ4v) is 3.42. The molecule has 0 heterocycles. The van der Waals surface area contributed by atoms with E-state index in [1.54, 1.807) is 6.92 Å². The maximum absolute atomic E-state index is 12.4. The second-order valence-electron chi connectivity index (χ2n) is 7.47. The number of carbonyl (C=O) groups excluding carboxylic acids is 2. The summed E-state index contributed by atoms with van der Waals surface area (Å²) in [6.45, 7) is 1.92. The lowest BCUT2D eigenvalue weighted by Crippen LogP contribution is -2.40. The molecule has 0 aromatic heterocycles. The minimum absolute atomic E-state index is 0.151. The third-order valence-electron chi connectivity index (χ3n) is 5.15. The highest BCUT2D eigenvalue weighted by atomic mass is 16.6. The van der Waals surface area contributed by atoms with Crippen LogP contribution in [-0.4, -0.2) is 42.3 Å². The Balaban J connectivity index is 1.73. The Morgan fingerprint density at radius 2 is 1.74 bits per heavy atom. The van der Waals surface area contributed by atoms with Gasteiger partial charge in [0.25, 0.3) is 5.69 Å². The van der Waals surface area contributed by atoms with E-state index in [2.05, 4.69) is 10.6 Å². The summed E-state index contributed by atoms with van der Waals surface area (Å²) in [5.74, 6) is -1.68. The standard InChI is InChI=1S/C23H24N4O4/c1-15-11-12-17(27(30)31)13-20(15)25-23(29)22(28)24-14-21(26(2)3)19-10-6-8-16-7-4-5-9-18(16)19/h4-13,21H,14H2,1-3H3,(H,24,28)(H,25,29)/t21-/m1/s1. The van der Waals surface area contributed by atoms with Crippen LogP contribution in [0.1, 0.15) is 17.2 Å². The highest BCUT2D eigenvalue weighted by Gasteiger charge is 2.21. The number of carbonyl (C=O) groups is 2. The number of hydrogen-bond donors (Lipinski definition) is 2. The van der Waals surface area contributed by atoms with Crippen LogP contribution in [0.3, 0.4) is 0 Å². The van der Waals surface area contributed by atoms with Crippen molar-refractivity contribution in [3.63, 3.8) is 0 Å². The van der Waals surface area contributed by atoms with Crippen molar-refractivity contribution in [2.75, 3.05) is 26.0 Å². The van der Waals surface area contributed by atoms with Gasteiger partial charge in [0.2, 0.25) is 0 Å². The van der Waals surface area contributed by atoms with Gasteiger partial charge in [0.1, 0.15) is 0 Å². The molecule has 0 aliphatic carbocycles. The molecule has 3 rings (SSSR count). The van der Waals surface area contributed by atoms with Crippen LogP contribution in [0.4, 0.5) is 11.4 Å². The SMILES string of the molecule is Cc1ccc([N+](=O)[O-])cc1NC(=O)C(=O)NC[C@H](c1cccc2ccccc12)N(C)C. The number of nitro benzene ring substituents is 1. The first-order valence-electron chi connectivity index (χ1n) is 9.76. The van der Waals surface area contributed by atoms with Gasteiger partial charge in [-0.15, -0.1) is 0 Å². The molecule has 3 aromatic rings. The van der Waals surface area contributed by atoms with Crippen molar-refractivity contribution in [2.24, 2.45) is 0 Å². The average Bonchev–Trinajstić information content (AvgIpc) is 2.74. The molecule has 2 N–H and O–H groups in total. The number of hydrogen-bond acceptors (Lipinski definition) is 5. The zero-order valence-electron chi connectivity index (χ0n) is 17.6. The Hall–Kier alpha value is -3.78. The molecule has 1 atom stereocenters. The van der Waals surface area contributed by atoms with Gasteiger partial charge in [-0.25, -0.2) is 0 Å². The average molecular weight is 420 g/mol. The monoisotopic (exact) mass is 420 g/mol. The summed E-state index contributed by atoms with van der Waals surface area (Å²) in [5, 5.41) is 18.3. The van der Waals surface area contributed by atoms with Gasteiger partial charge in [0.15, 0.2) is 0 Å². The van der Waals surface area contributed by atoms with Gasteiger partial charge in [-0.2, -0.15) is 0 Å². The van der Waals surface area contributed by atoms with Crippen molar-refractivity contribution >= 4 is 34.0 Å². The summed E-state index contributed by atoms with van der Waals surface area (Å²) in [4.78, 5) is 37.2. The first-order chi connectivity index (χ1) is 14.8. The van der Waals surface area contributed by atoms with E-state index in [-0.39, 0.29) is 24.0 Å². The van der Waals surface area contributed by atoms with E-state index in [0.717, 1.165) is 16.3 Å². The van der Waals surface area contributed by atoms with E-state index in [1.807, 2.05) is 61.5 Å². The first-order valence-corrected chi connectivity index (χ1v) is 9.76. The Morgan fingerprint density at radius 3 is 2.45 bits per heavy atom. The summed E-state index contributed by atoms with van der Waals surface area (Å²) in [6.07, 6.45) is 0. The molecule has 8 nitrogen and oxygen atoms in total. The summed E-state index contributed by atoms with van der Waals surface area (Å²) < 4.78 is 0. The van der Waals surface area contributed by atoms with E-state index < -0.39 is 16.7 Å². The van der Waals surface area contributed by atoms with Gasteiger partial charge in [-0.3, -0.25) is 19.7 Å². The van der Waals surface area contributed by atoms with Gasteiger partial charge in [0.05, 0.1) is 16.7 Å². The van der Waals surface area contributed by atoms with Crippen LogP contribution in [0.5, 0.6) is 0 Å². The van der Waals surface area contributed by atoms with Crippen LogP contribution < -0.4 is 10.6 Å². The van der Waals surface area contributed by atoms with Crippen molar-refractivity contribution in [3.8, 4) is 0 Å². The predicted octanol–water partition coefficient (Wildman–Crippen LogP) is 3.41. The van der Waals surface area contributed by atoms with Gasteiger partial charge in [-0.1, -0.05) is 48.5 Å². The van der Waals surface area contributed by atoms with E-state index in [0.29, 0.717) is 5.56 Å². The third-order valence-corrected chi connectivity index (χ3v) is 5.15. The lowest BCUT2D eigenvalue weighted by Gasteiger charge is -2.26. The molecule has 0 spiro atoms. The van der Waals surface area contributed by atoms with Crippen LogP contribution in [0.25, 0.3) is 10.8 Å². The highest BCUT2D eigenvalue weighted by Crippen LogP contribution is 2.27. The number of rotatable bonds is 6. The molecule has 31 heavy (non-hydrogen) atoms. The number of amides is 2. The predicted molar refractivity (Wildman–Crippen MR) is 120 cm³/mol. The second-order valence-corrected chi connectivity index (χ2v) is 7.47. The molecule has 0 aliphatic heterocycles. The van der Waals surface area contributed by atoms with E-state index in [9.17, 15) is 19.7 Å². The molecule has 0 saturated carbocycles. The molecule has 0 radical (unpaired) electrons. The number of nitrogens with one attached hydrogen (secondary N) is 2. The zero-order chi connectivity index (χ0) is 22.5. The number of benzene rings is 3. The maximum Gasteiger partial charge on any atom is 0.313 e. The van der Waals surface area contributed by atoms with E-state index in [4.69, 9.17) is 0 Å². The zero-order valence-corrected chi connectivity index (χ0v) is 17.6. The molecular weight excluding hydrogens is 396 g/mol. The third kappa shape index (κ3) is 5.04. The van der Waals surface area contributed by atoms with Gasteiger partial charge in [0, 0.05) is 18.7 Å². The summed E-state index contributed by atoms with van der Waals surface area (Å²) >= 11 is 0. The number of likely N-dealkylation sites (N-methyl/N-ethyl adjacent to an activating group) is 1. The maximum atomic E-state index is 12.4. The largest absolute Gasteiger partial charge is 0.346 e. The highest BCUT2D eigenvalue weighted by molar-refractivity contribution is 6.39. The summed E-state index contributed by atoms with van der Waals surface area (Å²) in [7, 11) is 3.82. The molecular formula is C23H24N4O4. The number of non-ortho nitro benzene ring substituents is 1. The Labute approximate surface area is 180 Å². The second kappa shape index (κ2) is 9.36. The van der Waals surface area contributed by atoms with Crippen LogP contribution >= 0.6 is 0 Å². The van der Waals surface area contributed by atoms with E-state index >= 15 is 0 Å². The molecule has 0 bridgehead atoms. The topological polar surface area (TPSA) is 105 Å². The van der Waals surface area contributed by atoms with Crippen molar-refractivity contribution < 1.29 is 14.5 Å². The van der Waals surface area contributed by atoms with Gasteiger partial charge >= 0.3 is 11.8 Å². The van der Waals surface area contributed by atoms with Crippen molar-refractivity contribution in [2.45, 2.75) is 13.0 Å². The van der Waals surface area contributed by atoms with Crippen LogP contribution in [0.2, 0.25) is 0 Å². The Bertz CT molecular complexity index is 1140. The number of anilines is 1. The van der Waals surface area contributed by atoms with Crippen LogP contribution in [0.15, 0.2) is 60.7 Å². The number of fused-ring (bicyclic) bond motifs is 1. The quantitative estimate of drug-likeness (QED) is 0.361. The lowest BCUT2D eigenvalue weighted by molar-refractivity contribution is -0.384. The van der Waals surface area contributed by atoms with Crippen molar-refractivity contribution in [3.05, 3.63) is 81.9 Å². The minimum Gasteiger partial charge on any atom is -0.346 e. The normalized spacial score (nSPS) is 11.9. The molecule has 0 aliphatic rings. The molecule has 2 amide bonds. The number of nitro groups is 1. The fraction of sp³-hybridized carbons (Fsp3) is 0.217. The summed E-state index contributed by atoms with van der Waals surface area (Å²) in [5.41, 5.74) is 1.73. The lowest BCUT2D eigenvalue weighted by atomic mass is 9.98. The molecule has 0 unspecified atom stereocenters. The number of nitrogens with zero attached hydrogens (tertiary/aromatic N) is 2. The number of aryl methyl sites for hydroxylation is 1. The minimum atomic E-state index is -0.876. The van der Waals surface area contributed by atoms with Crippen molar-refractivity contribution in [1.29, 1.82) is 0 Å². The first kappa shape index (κ1) is 21.9. The Kier molecular flexibility index (Phi) is 6.61.